The van der Waals surface area contributed by atoms with Crippen LogP contribution in [0, 0.1) is 11.8 Å². The van der Waals surface area contributed by atoms with Crippen LogP contribution < -0.4 is 0 Å². The van der Waals surface area contributed by atoms with Crippen molar-refractivity contribution in [2.75, 3.05) is 13.7 Å². The number of esters is 1. The molecule has 0 N–H and O–H groups in total. The van der Waals surface area contributed by atoms with Crippen molar-refractivity contribution in [3.05, 3.63) is 81.9 Å². The highest BCUT2D eigenvalue weighted by molar-refractivity contribution is 5.89. The average molecular weight is 422 g/mol. The van der Waals surface area contributed by atoms with E-state index >= 15 is 0 Å². The minimum absolute atomic E-state index is 0.214. The van der Waals surface area contributed by atoms with Gasteiger partial charge in [-0.1, -0.05) is 56.4 Å². The quantitative estimate of drug-likeness (QED) is 0.271. The van der Waals surface area contributed by atoms with Gasteiger partial charge >= 0.3 is 5.97 Å². The smallest absolute Gasteiger partial charge is 0.312 e. The fraction of sp³-hybridized carbons (Fsp3) is 0.407. The van der Waals surface area contributed by atoms with Gasteiger partial charge in [0.15, 0.2) is 0 Å². The molecule has 0 spiro atoms. The first-order chi connectivity index (χ1) is 14.6. The molecule has 0 amide bonds. The zero-order chi connectivity index (χ0) is 23.1. The third-order valence-electron chi connectivity index (χ3n) is 5.30. The van der Waals surface area contributed by atoms with Crippen molar-refractivity contribution < 1.29 is 14.3 Å². The highest BCUT2D eigenvalue weighted by atomic mass is 16.5. The van der Waals surface area contributed by atoms with E-state index in [1.165, 1.54) is 18.3 Å². The van der Waals surface area contributed by atoms with Gasteiger partial charge in [-0.2, -0.15) is 0 Å². The molecule has 31 heavy (non-hydrogen) atoms. The van der Waals surface area contributed by atoms with Crippen molar-refractivity contribution in [2.45, 2.75) is 48.0 Å². The van der Waals surface area contributed by atoms with E-state index in [2.05, 4.69) is 46.4 Å². The molecule has 0 aromatic carbocycles. The third kappa shape index (κ3) is 6.55. The Morgan fingerprint density at radius 1 is 1.32 bits per heavy atom. The molecule has 1 atom stereocenters. The number of methoxy groups -OCH3 is 1. The Hall–Kier alpha value is -2.88. The summed E-state index contributed by atoms with van der Waals surface area (Å²) in [5.74, 6) is 0.777. The normalized spacial score (nSPS) is 20.4. The van der Waals surface area contributed by atoms with Gasteiger partial charge in [0.2, 0.25) is 0 Å². The Labute approximate surface area is 187 Å². The average Bonchev–Trinajstić information content (AvgIpc) is 2.72. The SMILES string of the molecule is C=C(C)\C=C(/C=N/C(=C\C(C)C)C1=CCC(C(=O)OC)C=C1)C1=C(C)OCC(C)=C1C. The number of ether oxygens (including phenoxy) is 2. The summed E-state index contributed by atoms with van der Waals surface area (Å²) in [6.07, 6.45) is 12.6. The molecule has 2 aliphatic rings. The highest BCUT2D eigenvalue weighted by Gasteiger charge is 2.20. The lowest BCUT2D eigenvalue weighted by molar-refractivity contribution is -0.143. The zero-order valence-corrected chi connectivity index (χ0v) is 19.9. The molecule has 0 fully saturated rings. The maximum Gasteiger partial charge on any atom is 0.312 e. The topological polar surface area (TPSA) is 47.9 Å². The second-order valence-corrected chi connectivity index (χ2v) is 8.51. The summed E-state index contributed by atoms with van der Waals surface area (Å²) in [5.41, 5.74) is 7.32. The first-order valence-corrected chi connectivity index (χ1v) is 10.7. The molecule has 4 heteroatoms. The number of nitrogens with zero attached hydrogens (tertiary/aromatic N) is 1. The number of allylic oxidation sites excluding steroid dienone is 9. The minimum Gasteiger partial charge on any atom is -0.493 e. The van der Waals surface area contributed by atoms with Gasteiger partial charge in [0, 0.05) is 17.4 Å². The van der Waals surface area contributed by atoms with Crippen molar-refractivity contribution in [3.8, 4) is 0 Å². The number of aliphatic imine (C=N–C) groups is 1. The monoisotopic (exact) mass is 421 g/mol. The van der Waals surface area contributed by atoms with Crippen LogP contribution in [0.3, 0.4) is 0 Å². The van der Waals surface area contributed by atoms with Crippen LogP contribution in [0.2, 0.25) is 0 Å². The third-order valence-corrected chi connectivity index (χ3v) is 5.30. The Bertz CT molecular complexity index is 949. The van der Waals surface area contributed by atoms with Gasteiger partial charge < -0.3 is 9.47 Å². The summed E-state index contributed by atoms with van der Waals surface area (Å²) >= 11 is 0. The Morgan fingerprint density at radius 3 is 2.58 bits per heavy atom. The maximum absolute atomic E-state index is 11.8. The molecule has 1 aliphatic carbocycles. The molecule has 166 valence electrons. The van der Waals surface area contributed by atoms with Gasteiger partial charge in [-0.15, -0.1) is 0 Å². The summed E-state index contributed by atoms with van der Waals surface area (Å²) in [6.45, 7) is 17.1. The summed E-state index contributed by atoms with van der Waals surface area (Å²) in [7, 11) is 1.42. The molecule has 1 unspecified atom stereocenters. The molecular formula is C27H35NO3. The molecule has 2 rings (SSSR count). The number of carbonyl (C=O) groups is 1. The second-order valence-electron chi connectivity index (χ2n) is 8.51. The molecule has 4 nitrogen and oxygen atoms in total. The molecular weight excluding hydrogens is 386 g/mol. The van der Waals surface area contributed by atoms with Gasteiger partial charge in [-0.3, -0.25) is 9.79 Å². The van der Waals surface area contributed by atoms with Crippen LogP contribution in [0.5, 0.6) is 0 Å². The molecule has 0 saturated carbocycles. The summed E-state index contributed by atoms with van der Waals surface area (Å²) in [6, 6.07) is 0. The van der Waals surface area contributed by atoms with E-state index in [1.54, 1.807) is 0 Å². The van der Waals surface area contributed by atoms with Crippen molar-refractivity contribution in [3.63, 3.8) is 0 Å². The lowest BCUT2D eigenvalue weighted by Gasteiger charge is -2.23. The van der Waals surface area contributed by atoms with Gasteiger partial charge in [-0.05, 0) is 56.8 Å². The van der Waals surface area contributed by atoms with E-state index in [9.17, 15) is 4.79 Å². The molecule has 0 bridgehead atoms. The zero-order valence-electron chi connectivity index (χ0n) is 19.9. The van der Waals surface area contributed by atoms with E-state index < -0.39 is 0 Å². The van der Waals surface area contributed by atoms with Crippen molar-refractivity contribution >= 4 is 12.2 Å². The number of carbonyl (C=O) groups excluding carboxylic acids is 1. The minimum atomic E-state index is -0.236. The first kappa shape index (κ1) is 24.4. The lowest BCUT2D eigenvalue weighted by Crippen LogP contribution is -2.15. The van der Waals surface area contributed by atoms with Gasteiger partial charge in [0.25, 0.3) is 0 Å². The summed E-state index contributed by atoms with van der Waals surface area (Å²) in [4.78, 5) is 16.7. The fourth-order valence-electron chi connectivity index (χ4n) is 3.54. The number of hydrogen-bond donors (Lipinski definition) is 0. The Morgan fingerprint density at radius 2 is 2.03 bits per heavy atom. The van der Waals surface area contributed by atoms with E-state index in [1.807, 2.05) is 38.3 Å². The van der Waals surface area contributed by atoms with Crippen LogP contribution in [0.25, 0.3) is 0 Å². The van der Waals surface area contributed by atoms with Crippen LogP contribution in [0.1, 0.15) is 48.0 Å². The van der Waals surface area contributed by atoms with Gasteiger partial charge in [0.05, 0.1) is 18.7 Å². The lowest BCUT2D eigenvalue weighted by atomic mass is 9.92. The van der Waals surface area contributed by atoms with Crippen LogP contribution >= 0.6 is 0 Å². The molecule has 0 aromatic rings. The van der Waals surface area contributed by atoms with Crippen LogP contribution in [-0.2, 0) is 14.3 Å². The molecule has 1 heterocycles. The molecule has 1 aliphatic heterocycles. The van der Waals surface area contributed by atoms with Crippen LogP contribution in [0.4, 0.5) is 0 Å². The number of rotatable bonds is 7. The number of hydrogen-bond acceptors (Lipinski definition) is 4. The Kier molecular flexibility index (Phi) is 8.61. The van der Waals surface area contributed by atoms with Crippen LogP contribution in [0.15, 0.2) is 86.8 Å². The predicted octanol–water partition coefficient (Wildman–Crippen LogP) is 6.42. The maximum atomic E-state index is 11.8. The van der Waals surface area contributed by atoms with Crippen molar-refractivity contribution in [1.29, 1.82) is 0 Å². The van der Waals surface area contributed by atoms with Crippen molar-refractivity contribution in [1.82, 2.24) is 0 Å². The van der Waals surface area contributed by atoms with Crippen LogP contribution in [-0.4, -0.2) is 25.9 Å². The summed E-state index contributed by atoms with van der Waals surface area (Å²) < 4.78 is 10.7. The van der Waals surface area contributed by atoms with Gasteiger partial charge in [0.1, 0.15) is 12.4 Å². The summed E-state index contributed by atoms with van der Waals surface area (Å²) in [5, 5.41) is 0. The Balaban J connectivity index is 2.42. The molecule has 0 aromatic heterocycles. The molecule has 0 radical (unpaired) electrons. The predicted molar refractivity (Wildman–Crippen MR) is 129 cm³/mol. The van der Waals surface area contributed by atoms with E-state index in [0.29, 0.717) is 18.9 Å². The largest absolute Gasteiger partial charge is 0.493 e. The standard InChI is InChI=1S/C27H35NO3/c1-17(2)13-24(26-20(6)19(5)16-31-21(26)7)15-28-25(14-18(3)4)22-9-11-23(12-10-22)27(29)30-8/h9-11,13-15,18,23H,1,12,16H2,2-8H3/b24-13+,25-14-,28-15+. The first-order valence-electron chi connectivity index (χ1n) is 10.7. The van der Waals surface area contributed by atoms with Crippen molar-refractivity contribution in [2.24, 2.45) is 16.8 Å². The fourth-order valence-corrected chi connectivity index (χ4v) is 3.54. The van der Waals surface area contributed by atoms with E-state index in [4.69, 9.17) is 14.5 Å². The van der Waals surface area contributed by atoms with E-state index in [-0.39, 0.29) is 11.9 Å². The second kappa shape index (κ2) is 10.9. The highest BCUT2D eigenvalue weighted by Crippen LogP contribution is 2.31. The molecule has 0 saturated heterocycles. The van der Waals surface area contributed by atoms with E-state index in [0.717, 1.165) is 33.7 Å². The van der Waals surface area contributed by atoms with Gasteiger partial charge in [-0.25, -0.2) is 0 Å².